The second kappa shape index (κ2) is 31.4. The van der Waals surface area contributed by atoms with Crippen LogP contribution in [0.1, 0.15) is 128 Å². The summed E-state index contributed by atoms with van der Waals surface area (Å²) in [5, 5.41) is 101. The molecule has 5 aliphatic heterocycles. The van der Waals surface area contributed by atoms with Gasteiger partial charge in [0.2, 0.25) is 11.8 Å². The molecular weight excluding hydrogens is 1130 g/mol. The molecular formula is C59H108ClN5O18S. The smallest absolute Gasteiger partial charge is 0.311 e. The number of likely N-dealkylation sites (tertiary alicyclic amines) is 1. The van der Waals surface area contributed by atoms with Gasteiger partial charge in [-0.3, -0.25) is 14.4 Å². The van der Waals surface area contributed by atoms with Gasteiger partial charge in [-0.05, 0) is 106 Å². The summed E-state index contributed by atoms with van der Waals surface area (Å²) in [6.45, 7) is 22.7. The number of thioether (sulfide) groups is 1. The number of nitrogens with zero attached hydrogens (tertiary/aromatic N) is 2. The van der Waals surface area contributed by atoms with E-state index in [0.717, 1.165) is 6.42 Å². The summed E-state index contributed by atoms with van der Waals surface area (Å²) in [6, 6.07) is -1.90. The Bertz CT molecular complexity index is 2070. The molecule has 25 heteroatoms. The zero-order chi connectivity index (χ0) is 63.1. The van der Waals surface area contributed by atoms with Gasteiger partial charge in [-0.25, -0.2) is 0 Å². The molecule has 0 spiro atoms. The maximum atomic E-state index is 14.6. The average molecular weight is 1240 g/mol. The summed E-state index contributed by atoms with van der Waals surface area (Å²) in [5.41, 5.74) is -5.72. The van der Waals surface area contributed by atoms with Crippen LogP contribution in [-0.4, -0.2) is 260 Å². The predicted molar refractivity (Wildman–Crippen MR) is 316 cm³/mol. The van der Waals surface area contributed by atoms with Gasteiger partial charge < -0.3 is 99.8 Å². The second-order valence-corrected chi connectivity index (χ2v) is 27.8. The lowest BCUT2D eigenvalue weighted by Crippen LogP contribution is -2.65. The second-order valence-electron chi connectivity index (χ2n) is 26.2. The summed E-state index contributed by atoms with van der Waals surface area (Å²) in [5.74, 6) is -4.85. The first-order valence-electron chi connectivity index (χ1n) is 30.6. The van der Waals surface area contributed by atoms with Crippen molar-refractivity contribution in [3.05, 3.63) is 0 Å². The molecule has 0 bridgehead atoms. The maximum absolute atomic E-state index is 14.6. The number of alkyl halides is 1. The van der Waals surface area contributed by atoms with Crippen molar-refractivity contribution < 1.29 is 88.4 Å². The average Bonchev–Trinajstić information content (AvgIpc) is 1.76. The fourth-order valence-electron chi connectivity index (χ4n) is 13.9. The number of amides is 2. The van der Waals surface area contributed by atoms with Gasteiger partial charge in [0, 0.05) is 76.6 Å². The quantitative estimate of drug-likeness (QED) is 0.0465. The number of hydrogen-bond acceptors (Lipinski definition) is 22. The molecule has 14 unspecified atom stereocenters. The Hall–Kier alpha value is -1.63. The van der Waals surface area contributed by atoms with Crippen molar-refractivity contribution in [1.82, 2.24) is 25.8 Å². The van der Waals surface area contributed by atoms with Crippen LogP contribution in [0.25, 0.3) is 0 Å². The maximum Gasteiger partial charge on any atom is 0.311 e. The van der Waals surface area contributed by atoms with E-state index in [1.165, 1.54) is 25.8 Å². The number of carbonyl (C=O) groups excluding carboxylic acids is 3. The van der Waals surface area contributed by atoms with E-state index < -0.39 is 155 Å². The Balaban J connectivity index is 1.36. The minimum Gasteiger partial charge on any atom is -0.459 e. The highest BCUT2D eigenvalue weighted by Crippen LogP contribution is 2.42. The first kappa shape index (κ1) is 73.1. The van der Waals surface area contributed by atoms with Crippen molar-refractivity contribution in [2.45, 2.75) is 260 Å². The van der Waals surface area contributed by atoms with E-state index in [-0.39, 0.29) is 68.7 Å². The van der Waals surface area contributed by atoms with Gasteiger partial charge in [-0.1, -0.05) is 41.0 Å². The molecule has 28 atom stereocenters. The number of cyclic esters (lactones) is 1. The number of ether oxygens (including phenoxy) is 7. The zero-order valence-corrected chi connectivity index (χ0v) is 54.3. The van der Waals surface area contributed by atoms with Gasteiger partial charge in [0.25, 0.3) is 0 Å². The van der Waals surface area contributed by atoms with Crippen LogP contribution >= 0.6 is 23.4 Å². The first-order chi connectivity index (χ1) is 39.2. The molecule has 11 N–H and O–H groups in total. The van der Waals surface area contributed by atoms with Crippen molar-refractivity contribution >= 4 is 41.1 Å². The number of aliphatic hydroxyl groups is 8. The number of rotatable bonds is 20. The van der Waals surface area contributed by atoms with Crippen LogP contribution in [0, 0.1) is 35.5 Å². The van der Waals surface area contributed by atoms with E-state index in [4.69, 9.17) is 44.8 Å². The number of methoxy groups -OCH3 is 1. The van der Waals surface area contributed by atoms with E-state index in [1.807, 2.05) is 32.8 Å². The predicted octanol–water partition coefficient (Wildman–Crippen LogP) is 1.31. The summed E-state index contributed by atoms with van der Waals surface area (Å²) >= 11 is 7.76. The number of carbonyl (C=O) groups is 3. The summed E-state index contributed by atoms with van der Waals surface area (Å²) in [7, 11) is 5.20. The molecule has 23 nitrogen and oxygen atoms in total. The van der Waals surface area contributed by atoms with Crippen LogP contribution in [0.4, 0.5) is 0 Å². The van der Waals surface area contributed by atoms with Gasteiger partial charge in [0.1, 0.15) is 53.8 Å². The van der Waals surface area contributed by atoms with Crippen molar-refractivity contribution in [3.8, 4) is 0 Å². The minimum atomic E-state index is -1.99. The van der Waals surface area contributed by atoms with Crippen LogP contribution in [-0.2, 0) is 47.5 Å². The highest BCUT2D eigenvalue weighted by Gasteiger charge is 2.55. The minimum absolute atomic E-state index is 0.00951. The Kier molecular flexibility index (Phi) is 27.3. The number of hydrogen-bond donors (Lipinski definition) is 11. The number of halogens is 1. The lowest BCUT2D eigenvalue weighted by Gasteiger charge is -2.49. The SMILES string of the molecule is CCC1CC(C(=O)NC(C(C)Cl)C2O[C@H](SC)C(O)[C@H](O)[C@H]2O)CN(CCC(=O)NCCN[C@@H]2[C@H](C)[C@@H](O)[C@](C)(O)[C@@H](CC)OC(=O)[C@H](C)[C@@H](OC3CC(C)(OC)C(O)C(C)O3)[C@H](C)[C@@H](OC3OC(C)CC(N(C)C)C3O)[C@](C)(O)C[C@H]2C)C1. The molecule has 0 aromatic rings. The highest BCUT2D eigenvalue weighted by atomic mass is 35.5. The Morgan fingerprint density at radius 1 is 0.857 bits per heavy atom. The number of likely N-dealkylation sites (N-methyl/N-ethyl adjacent to an activating group) is 1. The van der Waals surface area contributed by atoms with Crippen LogP contribution in [0.3, 0.4) is 0 Å². The van der Waals surface area contributed by atoms with Gasteiger partial charge in [0.05, 0.1) is 65.0 Å². The number of piperidine rings is 1. The Labute approximate surface area is 508 Å². The topological polar surface area (TPSA) is 320 Å². The van der Waals surface area contributed by atoms with Gasteiger partial charge in [-0.15, -0.1) is 23.4 Å². The molecule has 490 valence electrons. The molecule has 5 rings (SSSR count). The highest BCUT2D eigenvalue weighted by molar-refractivity contribution is 7.99. The first-order valence-corrected chi connectivity index (χ1v) is 32.3. The molecule has 2 amide bonds. The van der Waals surface area contributed by atoms with E-state index in [0.29, 0.717) is 32.5 Å². The summed E-state index contributed by atoms with van der Waals surface area (Å²) in [4.78, 5) is 46.2. The fourth-order valence-corrected chi connectivity index (χ4v) is 14.7. The third-order valence-electron chi connectivity index (χ3n) is 19.1. The molecule has 0 aromatic heterocycles. The molecule has 5 heterocycles. The van der Waals surface area contributed by atoms with E-state index >= 15 is 0 Å². The molecule has 5 saturated heterocycles. The number of esters is 1. The Morgan fingerprint density at radius 2 is 1.52 bits per heavy atom. The van der Waals surface area contributed by atoms with Crippen LogP contribution in [0.2, 0.25) is 0 Å². The monoisotopic (exact) mass is 1240 g/mol. The zero-order valence-electron chi connectivity index (χ0n) is 52.8. The lowest BCUT2D eigenvalue weighted by atomic mass is 9.72. The molecule has 5 aliphatic rings. The lowest BCUT2D eigenvalue weighted by molar-refractivity contribution is -0.318. The van der Waals surface area contributed by atoms with Gasteiger partial charge in [0.15, 0.2) is 12.6 Å². The third-order valence-corrected chi connectivity index (χ3v) is 20.3. The molecule has 5 fully saturated rings. The molecule has 0 radical (unpaired) electrons. The van der Waals surface area contributed by atoms with Crippen LogP contribution in [0.5, 0.6) is 0 Å². The Morgan fingerprint density at radius 3 is 2.12 bits per heavy atom. The largest absolute Gasteiger partial charge is 0.459 e. The molecule has 0 aliphatic carbocycles. The van der Waals surface area contributed by atoms with E-state index in [1.54, 1.807) is 61.6 Å². The number of nitrogens with one attached hydrogen (secondary N) is 3. The van der Waals surface area contributed by atoms with Crippen LogP contribution < -0.4 is 16.0 Å². The fraction of sp³-hybridized carbons (Fsp3) is 0.949. The summed E-state index contributed by atoms with van der Waals surface area (Å²) < 4.78 is 44.2. The number of aliphatic hydroxyl groups excluding tert-OH is 6. The van der Waals surface area contributed by atoms with Crippen molar-refractivity contribution in [3.63, 3.8) is 0 Å². The van der Waals surface area contributed by atoms with Crippen molar-refractivity contribution in [2.24, 2.45) is 35.5 Å². The van der Waals surface area contributed by atoms with Crippen molar-refractivity contribution in [1.29, 1.82) is 0 Å². The summed E-state index contributed by atoms with van der Waals surface area (Å²) in [6.07, 6.45) is -12.0. The standard InChI is InChI=1S/C59H108ClN5O18S/c1-17-36-24-37(53(73)63-43(34(8)60)49-46(69)45(68)47(70)56(82-49)84-16)28-65(27-36)22-19-40(66)61-20-21-62-42-29(3)25-57(10,75)52(83-55-44(67)38(64(13)14)23-30(4)78-55)32(6)48(81-41-26-58(11,77-15)51(72)35(9)79-41)33(7)54(74)80-39(18-2)59(12,76)50(71)31(42)5/h29-39,41-52,55-56,62,67-72,75-76H,17-28H2,1-16H3,(H,61,66)(H,63,73)/t29-,30?,31+,32+,33-,34?,35?,36?,37?,38?,39-,41?,42+,43?,44?,45-,46-,47?,48+,49?,50-,51?,52-,55?,56-,57-,58?,59-/m1/s1. The molecule has 0 aromatic carbocycles. The third kappa shape index (κ3) is 17.6. The molecule has 84 heavy (non-hydrogen) atoms. The van der Waals surface area contributed by atoms with Crippen molar-refractivity contribution in [2.75, 3.05) is 60.2 Å². The molecule has 0 saturated carbocycles. The van der Waals surface area contributed by atoms with Crippen LogP contribution in [0.15, 0.2) is 0 Å². The van der Waals surface area contributed by atoms with E-state index in [9.17, 15) is 55.2 Å². The van der Waals surface area contributed by atoms with E-state index in [2.05, 4.69) is 27.8 Å². The normalized spacial score (nSPS) is 45.0. The van der Waals surface area contributed by atoms with Gasteiger partial charge in [-0.2, -0.15) is 0 Å². The van der Waals surface area contributed by atoms with Gasteiger partial charge >= 0.3 is 5.97 Å².